The van der Waals surface area contributed by atoms with Gasteiger partial charge in [-0.05, 0) is 30.3 Å². The van der Waals surface area contributed by atoms with E-state index in [-0.39, 0.29) is 30.6 Å². The number of hydrogen-bond acceptors (Lipinski definition) is 6. The van der Waals surface area contributed by atoms with Gasteiger partial charge in [0.2, 0.25) is 11.8 Å². The molecule has 0 spiro atoms. The fourth-order valence-corrected chi connectivity index (χ4v) is 4.39. The number of nitrogens with one attached hydrogen (secondary N) is 1. The molecule has 2 aliphatic heterocycles. The first-order valence-corrected chi connectivity index (χ1v) is 9.95. The van der Waals surface area contributed by atoms with Gasteiger partial charge in [-0.1, -0.05) is 11.3 Å². The number of hydrogen-bond donors (Lipinski definition) is 1. The van der Waals surface area contributed by atoms with Crippen LogP contribution in [0, 0.1) is 11.7 Å². The smallest absolute Gasteiger partial charge is 0.231 e. The van der Waals surface area contributed by atoms with Gasteiger partial charge in [0, 0.05) is 24.7 Å². The van der Waals surface area contributed by atoms with Crippen LogP contribution in [0.4, 0.5) is 15.2 Å². The average Bonchev–Trinajstić information content (AvgIpc) is 3.30. The predicted octanol–water partition coefficient (Wildman–Crippen LogP) is 3.20. The van der Waals surface area contributed by atoms with Crippen LogP contribution in [0.15, 0.2) is 36.4 Å². The number of benzene rings is 2. The van der Waals surface area contributed by atoms with Crippen LogP contribution in [0.5, 0.6) is 11.5 Å². The van der Waals surface area contributed by atoms with Crippen molar-refractivity contribution in [3.63, 3.8) is 0 Å². The molecule has 1 aromatic heterocycles. The Labute approximate surface area is 169 Å². The third-order valence-corrected chi connectivity index (χ3v) is 5.85. The fraction of sp³-hybridized carbons (Fsp3) is 0.250. The molecule has 0 radical (unpaired) electrons. The first-order chi connectivity index (χ1) is 14.1. The molecule has 5 rings (SSSR count). The summed E-state index contributed by atoms with van der Waals surface area (Å²) in [6, 6.07) is 9.59. The van der Waals surface area contributed by atoms with Crippen LogP contribution in [-0.4, -0.2) is 36.6 Å². The van der Waals surface area contributed by atoms with E-state index in [2.05, 4.69) is 10.3 Å². The zero-order valence-electron chi connectivity index (χ0n) is 15.2. The van der Waals surface area contributed by atoms with E-state index >= 15 is 0 Å². The van der Waals surface area contributed by atoms with Crippen LogP contribution in [0.25, 0.3) is 10.2 Å². The van der Waals surface area contributed by atoms with Crippen molar-refractivity contribution >= 4 is 44.2 Å². The Morgan fingerprint density at radius 3 is 2.86 bits per heavy atom. The molecule has 2 aromatic carbocycles. The van der Waals surface area contributed by atoms with Crippen LogP contribution in [0.2, 0.25) is 0 Å². The van der Waals surface area contributed by atoms with E-state index in [1.165, 1.54) is 23.5 Å². The van der Waals surface area contributed by atoms with Gasteiger partial charge in [-0.25, -0.2) is 9.37 Å². The van der Waals surface area contributed by atoms with Gasteiger partial charge >= 0.3 is 0 Å². The molecule has 1 N–H and O–H groups in total. The third kappa shape index (κ3) is 3.38. The van der Waals surface area contributed by atoms with Crippen molar-refractivity contribution in [3.05, 3.63) is 42.2 Å². The topological polar surface area (TPSA) is 80.8 Å². The Morgan fingerprint density at radius 1 is 1.17 bits per heavy atom. The molecule has 0 bridgehead atoms. The number of thiazole rings is 1. The lowest BCUT2D eigenvalue weighted by Gasteiger charge is -2.22. The zero-order valence-corrected chi connectivity index (χ0v) is 16.0. The molecule has 0 aliphatic carbocycles. The number of amides is 2. The second-order valence-corrected chi connectivity index (χ2v) is 7.88. The minimum atomic E-state index is -0.501. The van der Waals surface area contributed by atoms with E-state index < -0.39 is 5.92 Å². The first-order valence-electron chi connectivity index (χ1n) is 9.14. The standard InChI is InChI=1S/C20H16FN3O4S/c21-12-1-3-14-17(8-12)29-20(22-14)23-19(26)11-7-18(25)24(10-11)13-2-4-15-16(9-13)28-6-5-27-15/h1-4,8-9,11H,5-7,10H2,(H,22,23,26)/t11-/m1/s1. The van der Waals surface area contributed by atoms with Crippen molar-refractivity contribution in [1.29, 1.82) is 0 Å². The molecule has 0 saturated carbocycles. The molecule has 1 fully saturated rings. The van der Waals surface area contributed by atoms with Gasteiger partial charge in [-0.3, -0.25) is 9.59 Å². The van der Waals surface area contributed by atoms with Crippen LogP contribution >= 0.6 is 11.3 Å². The summed E-state index contributed by atoms with van der Waals surface area (Å²) >= 11 is 1.20. The molecule has 0 unspecified atom stereocenters. The lowest BCUT2D eigenvalue weighted by molar-refractivity contribution is -0.122. The van der Waals surface area contributed by atoms with Crippen molar-refractivity contribution in [1.82, 2.24) is 4.98 Å². The lowest BCUT2D eigenvalue weighted by atomic mass is 10.1. The Balaban J connectivity index is 1.31. The maximum atomic E-state index is 13.3. The number of aromatic nitrogens is 1. The number of ether oxygens (including phenoxy) is 2. The van der Waals surface area contributed by atoms with E-state index in [1.807, 2.05) is 0 Å². The highest BCUT2D eigenvalue weighted by molar-refractivity contribution is 7.22. The molecule has 29 heavy (non-hydrogen) atoms. The molecule has 148 valence electrons. The van der Waals surface area contributed by atoms with Crippen molar-refractivity contribution in [2.24, 2.45) is 5.92 Å². The van der Waals surface area contributed by atoms with Gasteiger partial charge in [0.05, 0.1) is 16.1 Å². The van der Waals surface area contributed by atoms with Gasteiger partial charge < -0.3 is 19.7 Å². The first kappa shape index (κ1) is 17.9. The Bertz CT molecular complexity index is 1130. The Hall–Kier alpha value is -3.20. The number of nitrogens with zero attached hydrogens (tertiary/aromatic N) is 2. The van der Waals surface area contributed by atoms with Gasteiger partial charge in [-0.2, -0.15) is 0 Å². The molecular weight excluding hydrogens is 397 g/mol. The van der Waals surface area contributed by atoms with E-state index in [4.69, 9.17) is 9.47 Å². The summed E-state index contributed by atoms with van der Waals surface area (Å²) in [5.74, 6) is -0.0228. The second-order valence-electron chi connectivity index (χ2n) is 6.85. The third-order valence-electron chi connectivity index (χ3n) is 4.91. The second kappa shape index (κ2) is 7.00. The largest absolute Gasteiger partial charge is 0.486 e. The monoisotopic (exact) mass is 413 g/mol. The molecule has 3 heterocycles. The molecule has 7 nitrogen and oxygen atoms in total. The van der Waals surface area contributed by atoms with E-state index in [0.717, 1.165) is 0 Å². The number of rotatable bonds is 3. The van der Waals surface area contributed by atoms with Gasteiger partial charge in [-0.15, -0.1) is 0 Å². The Morgan fingerprint density at radius 2 is 2.00 bits per heavy atom. The maximum Gasteiger partial charge on any atom is 0.231 e. The summed E-state index contributed by atoms with van der Waals surface area (Å²) in [5, 5.41) is 3.15. The summed E-state index contributed by atoms with van der Waals surface area (Å²) in [4.78, 5) is 31.1. The average molecular weight is 413 g/mol. The number of carbonyl (C=O) groups excluding carboxylic acids is 2. The number of anilines is 2. The number of carbonyl (C=O) groups is 2. The van der Waals surface area contributed by atoms with Crippen molar-refractivity contribution < 1.29 is 23.5 Å². The summed E-state index contributed by atoms with van der Waals surface area (Å²) in [6.45, 7) is 1.22. The SMILES string of the molecule is O=C(Nc1nc2ccc(F)cc2s1)[C@@H]1CC(=O)N(c2ccc3c(c2)OCCO3)C1. The summed E-state index contributed by atoms with van der Waals surface area (Å²) in [7, 11) is 0. The summed E-state index contributed by atoms with van der Waals surface area (Å²) in [6.07, 6.45) is 0.111. The van der Waals surface area contributed by atoms with E-state index in [0.29, 0.717) is 45.7 Å². The zero-order chi connectivity index (χ0) is 20.0. The molecule has 9 heteroatoms. The van der Waals surface area contributed by atoms with Gasteiger partial charge in [0.1, 0.15) is 19.0 Å². The number of fused-ring (bicyclic) bond motifs is 2. The summed E-state index contributed by atoms with van der Waals surface area (Å²) in [5.41, 5.74) is 1.29. The molecule has 2 aliphatic rings. The molecule has 1 saturated heterocycles. The van der Waals surface area contributed by atoms with Crippen molar-refractivity contribution in [2.45, 2.75) is 6.42 Å². The summed E-state index contributed by atoms with van der Waals surface area (Å²) < 4.78 is 25.1. The van der Waals surface area contributed by atoms with Crippen molar-refractivity contribution in [3.8, 4) is 11.5 Å². The van der Waals surface area contributed by atoms with E-state index in [9.17, 15) is 14.0 Å². The highest BCUT2D eigenvalue weighted by Crippen LogP contribution is 2.36. The quantitative estimate of drug-likeness (QED) is 0.713. The van der Waals surface area contributed by atoms with Crippen LogP contribution in [0.1, 0.15) is 6.42 Å². The van der Waals surface area contributed by atoms with Crippen LogP contribution in [-0.2, 0) is 9.59 Å². The number of halogens is 1. The van der Waals surface area contributed by atoms with Gasteiger partial charge in [0.25, 0.3) is 0 Å². The minimum absolute atomic E-state index is 0.111. The minimum Gasteiger partial charge on any atom is -0.486 e. The highest BCUT2D eigenvalue weighted by Gasteiger charge is 2.36. The molecule has 2 amide bonds. The van der Waals surface area contributed by atoms with Crippen LogP contribution in [0.3, 0.4) is 0 Å². The molecule has 1 atom stereocenters. The lowest BCUT2D eigenvalue weighted by Crippen LogP contribution is -2.28. The maximum absolute atomic E-state index is 13.3. The highest BCUT2D eigenvalue weighted by atomic mass is 32.1. The molecular formula is C20H16FN3O4S. The van der Waals surface area contributed by atoms with Crippen LogP contribution < -0.4 is 19.7 Å². The fourth-order valence-electron chi connectivity index (χ4n) is 3.49. The normalized spacial score (nSPS) is 18.3. The molecule has 3 aromatic rings. The Kier molecular flexibility index (Phi) is 4.31. The van der Waals surface area contributed by atoms with Crippen molar-refractivity contribution in [2.75, 3.05) is 30.0 Å². The predicted molar refractivity (Wildman–Crippen MR) is 106 cm³/mol. The van der Waals surface area contributed by atoms with E-state index in [1.54, 1.807) is 29.2 Å². The van der Waals surface area contributed by atoms with Gasteiger partial charge in [0.15, 0.2) is 16.6 Å².